The molecule has 0 aliphatic rings. The van der Waals surface area contributed by atoms with E-state index in [4.69, 9.17) is 5.73 Å². The van der Waals surface area contributed by atoms with Crippen LogP contribution in [-0.4, -0.2) is 0 Å². The molecule has 0 bridgehead atoms. The average Bonchev–Trinajstić information content (AvgIpc) is 2.84. The zero-order chi connectivity index (χ0) is 13.4. The molecule has 2 heteroatoms. The van der Waals surface area contributed by atoms with Gasteiger partial charge in [-0.1, -0.05) is 42.0 Å². The second kappa shape index (κ2) is 4.80. The maximum Gasteiger partial charge on any atom is 0.0649 e. The van der Waals surface area contributed by atoms with Crippen molar-refractivity contribution in [3.8, 4) is 0 Å². The quantitative estimate of drug-likeness (QED) is 0.723. The van der Waals surface area contributed by atoms with Gasteiger partial charge in [0, 0.05) is 9.58 Å². The van der Waals surface area contributed by atoms with Crippen molar-refractivity contribution in [3.63, 3.8) is 0 Å². The standard InChI is InChI=1S/C17H17NS/c1-11-7-8-12(2)14(9-11)17(18)16-10-13-5-3-4-6-15(13)19-16/h3-10,17H,18H2,1-2H3. The number of nitrogens with two attached hydrogens (primary N) is 1. The van der Waals surface area contributed by atoms with E-state index in [9.17, 15) is 0 Å². The first kappa shape index (κ1) is 12.4. The number of hydrogen-bond donors (Lipinski definition) is 1. The van der Waals surface area contributed by atoms with E-state index in [2.05, 4.69) is 62.4 Å². The van der Waals surface area contributed by atoms with Crippen LogP contribution in [0.25, 0.3) is 10.1 Å². The summed E-state index contributed by atoms with van der Waals surface area (Å²) in [5, 5.41) is 1.28. The van der Waals surface area contributed by atoms with Crippen LogP contribution < -0.4 is 5.73 Å². The van der Waals surface area contributed by atoms with Gasteiger partial charge in [0.25, 0.3) is 0 Å². The first-order valence-electron chi connectivity index (χ1n) is 6.46. The smallest absolute Gasteiger partial charge is 0.0649 e. The van der Waals surface area contributed by atoms with E-state index in [-0.39, 0.29) is 6.04 Å². The number of benzene rings is 2. The molecule has 19 heavy (non-hydrogen) atoms. The number of thiophene rings is 1. The Morgan fingerprint density at radius 3 is 2.58 bits per heavy atom. The molecule has 0 radical (unpaired) electrons. The molecule has 0 saturated carbocycles. The summed E-state index contributed by atoms with van der Waals surface area (Å²) in [6, 6.07) is 17.1. The summed E-state index contributed by atoms with van der Waals surface area (Å²) >= 11 is 1.79. The molecule has 2 N–H and O–H groups in total. The topological polar surface area (TPSA) is 26.0 Å². The molecular weight excluding hydrogens is 250 g/mol. The lowest BCUT2D eigenvalue weighted by Crippen LogP contribution is -2.11. The first-order chi connectivity index (χ1) is 9.15. The summed E-state index contributed by atoms with van der Waals surface area (Å²) < 4.78 is 1.30. The van der Waals surface area contributed by atoms with Crippen molar-refractivity contribution >= 4 is 21.4 Å². The Balaban J connectivity index is 2.07. The van der Waals surface area contributed by atoms with Gasteiger partial charge in [0.15, 0.2) is 0 Å². The average molecular weight is 267 g/mol. The molecule has 1 atom stereocenters. The summed E-state index contributed by atoms with van der Waals surface area (Å²) in [5.41, 5.74) is 10.2. The van der Waals surface area contributed by atoms with Gasteiger partial charge < -0.3 is 5.73 Å². The molecule has 0 saturated heterocycles. The first-order valence-corrected chi connectivity index (χ1v) is 7.28. The van der Waals surface area contributed by atoms with E-state index in [1.807, 2.05) is 0 Å². The van der Waals surface area contributed by atoms with Gasteiger partial charge in [0.1, 0.15) is 0 Å². The molecule has 1 nitrogen and oxygen atoms in total. The van der Waals surface area contributed by atoms with Crippen molar-refractivity contribution in [2.75, 3.05) is 0 Å². The molecule has 0 fully saturated rings. The molecule has 1 aromatic heterocycles. The minimum Gasteiger partial charge on any atom is -0.320 e. The molecule has 96 valence electrons. The monoisotopic (exact) mass is 267 g/mol. The van der Waals surface area contributed by atoms with Crippen LogP contribution in [0.1, 0.15) is 27.6 Å². The number of hydrogen-bond acceptors (Lipinski definition) is 2. The SMILES string of the molecule is Cc1ccc(C)c(C(N)c2cc3ccccc3s2)c1. The largest absolute Gasteiger partial charge is 0.320 e. The number of rotatable bonds is 2. The molecule has 3 aromatic rings. The van der Waals surface area contributed by atoms with Gasteiger partial charge in [-0.3, -0.25) is 0 Å². The third-order valence-electron chi connectivity index (χ3n) is 3.52. The van der Waals surface area contributed by atoms with Crippen LogP contribution in [-0.2, 0) is 0 Å². The fourth-order valence-corrected chi connectivity index (χ4v) is 3.49. The Kier molecular flexibility index (Phi) is 3.13. The second-order valence-corrected chi connectivity index (χ2v) is 6.14. The van der Waals surface area contributed by atoms with E-state index in [0.29, 0.717) is 0 Å². The molecule has 2 aromatic carbocycles. The van der Waals surface area contributed by atoms with Crippen LogP contribution in [0.15, 0.2) is 48.5 Å². The van der Waals surface area contributed by atoms with Crippen LogP contribution in [0.3, 0.4) is 0 Å². The molecule has 1 unspecified atom stereocenters. The van der Waals surface area contributed by atoms with E-state index >= 15 is 0 Å². The fraction of sp³-hybridized carbons (Fsp3) is 0.176. The number of aryl methyl sites for hydroxylation is 2. The highest BCUT2D eigenvalue weighted by atomic mass is 32.1. The van der Waals surface area contributed by atoms with Gasteiger partial charge >= 0.3 is 0 Å². The normalized spacial score (nSPS) is 12.8. The minimum atomic E-state index is -0.0303. The Labute approximate surface area is 117 Å². The zero-order valence-electron chi connectivity index (χ0n) is 11.2. The van der Waals surface area contributed by atoms with E-state index < -0.39 is 0 Å². The maximum absolute atomic E-state index is 6.46. The predicted molar refractivity (Wildman–Crippen MR) is 83.8 cm³/mol. The van der Waals surface area contributed by atoms with Gasteiger partial charge in [-0.2, -0.15) is 0 Å². The summed E-state index contributed by atoms with van der Waals surface area (Å²) in [6.07, 6.45) is 0. The van der Waals surface area contributed by atoms with Crippen LogP contribution >= 0.6 is 11.3 Å². The molecule has 0 amide bonds. The second-order valence-electron chi connectivity index (χ2n) is 5.02. The van der Waals surface area contributed by atoms with Crippen molar-refractivity contribution < 1.29 is 0 Å². The lowest BCUT2D eigenvalue weighted by Gasteiger charge is -2.14. The van der Waals surface area contributed by atoms with Crippen molar-refractivity contribution in [2.24, 2.45) is 5.73 Å². The van der Waals surface area contributed by atoms with Crippen LogP contribution in [0.4, 0.5) is 0 Å². The fourth-order valence-electron chi connectivity index (χ4n) is 2.40. The Morgan fingerprint density at radius 1 is 1.00 bits per heavy atom. The van der Waals surface area contributed by atoms with Crippen molar-refractivity contribution in [1.29, 1.82) is 0 Å². The number of fused-ring (bicyclic) bond motifs is 1. The summed E-state index contributed by atoms with van der Waals surface area (Å²) in [5.74, 6) is 0. The molecule has 0 aliphatic heterocycles. The summed E-state index contributed by atoms with van der Waals surface area (Å²) in [7, 11) is 0. The van der Waals surface area contributed by atoms with Gasteiger partial charge in [-0.15, -0.1) is 11.3 Å². The maximum atomic E-state index is 6.46. The van der Waals surface area contributed by atoms with E-state index in [1.54, 1.807) is 11.3 Å². The third-order valence-corrected chi connectivity index (χ3v) is 4.72. The minimum absolute atomic E-state index is 0.0303. The summed E-state index contributed by atoms with van der Waals surface area (Å²) in [4.78, 5) is 1.23. The van der Waals surface area contributed by atoms with Gasteiger partial charge in [0.05, 0.1) is 6.04 Å². The Bertz CT molecular complexity index is 694. The third kappa shape index (κ3) is 2.29. The highest BCUT2D eigenvalue weighted by Gasteiger charge is 2.14. The van der Waals surface area contributed by atoms with Crippen LogP contribution in [0, 0.1) is 13.8 Å². The van der Waals surface area contributed by atoms with Crippen molar-refractivity contribution in [3.05, 3.63) is 70.1 Å². The molecule has 3 rings (SSSR count). The summed E-state index contributed by atoms with van der Waals surface area (Å²) in [6.45, 7) is 4.24. The highest BCUT2D eigenvalue weighted by molar-refractivity contribution is 7.19. The molecule has 0 aliphatic carbocycles. The zero-order valence-corrected chi connectivity index (χ0v) is 12.0. The van der Waals surface area contributed by atoms with E-state index in [0.717, 1.165) is 0 Å². The molecule has 0 spiro atoms. The highest BCUT2D eigenvalue weighted by Crippen LogP contribution is 2.33. The van der Waals surface area contributed by atoms with Crippen molar-refractivity contribution in [1.82, 2.24) is 0 Å². The van der Waals surface area contributed by atoms with Crippen LogP contribution in [0.5, 0.6) is 0 Å². The van der Waals surface area contributed by atoms with Crippen LogP contribution in [0.2, 0.25) is 0 Å². The van der Waals surface area contributed by atoms with E-state index in [1.165, 1.54) is 31.7 Å². The molecule has 1 heterocycles. The van der Waals surface area contributed by atoms with Gasteiger partial charge in [0.2, 0.25) is 0 Å². The predicted octanol–water partition coefficient (Wildman–Crippen LogP) is 4.57. The van der Waals surface area contributed by atoms with Crippen molar-refractivity contribution in [2.45, 2.75) is 19.9 Å². The Morgan fingerprint density at radius 2 is 1.79 bits per heavy atom. The Hall–Kier alpha value is -1.64. The van der Waals surface area contributed by atoms with Gasteiger partial charge in [-0.25, -0.2) is 0 Å². The lowest BCUT2D eigenvalue weighted by atomic mass is 9.98. The van der Waals surface area contributed by atoms with Gasteiger partial charge in [-0.05, 0) is 42.5 Å². The lowest BCUT2D eigenvalue weighted by molar-refractivity contribution is 0.881. The molecular formula is C17H17NS.